The van der Waals surface area contributed by atoms with Crippen LogP contribution in [0.15, 0.2) is 30.3 Å². The summed E-state index contributed by atoms with van der Waals surface area (Å²) in [6.45, 7) is 6.34. The van der Waals surface area contributed by atoms with Crippen LogP contribution in [-0.4, -0.2) is 17.6 Å². The maximum Gasteiger partial charge on any atom is 0.358 e. The first-order valence-corrected chi connectivity index (χ1v) is 7.09. The van der Waals surface area contributed by atoms with E-state index in [9.17, 15) is 4.79 Å². The average Bonchev–Trinajstić information content (AvgIpc) is 2.79. The number of esters is 1. The van der Waals surface area contributed by atoms with Crippen molar-refractivity contribution in [3.05, 3.63) is 41.0 Å². The maximum atomic E-state index is 12.1. The molecular formula is C15H17NO2S. The molecule has 19 heavy (non-hydrogen) atoms. The van der Waals surface area contributed by atoms with E-state index in [1.54, 1.807) is 0 Å². The first kappa shape index (κ1) is 13.7. The van der Waals surface area contributed by atoms with E-state index in [0.29, 0.717) is 18.2 Å². The van der Waals surface area contributed by atoms with E-state index in [1.165, 1.54) is 11.3 Å². The van der Waals surface area contributed by atoms with Gasteiger partial charge in [-0.05, 0) is 18.4 Å². The fourth-order valence-electron chi connectivity index (χ4n) is 1.66. The molecule has 0 bridgehead atoms. The standard InChI is InChI=1S/C15H17NO2S/c1-10(2)9-18-15(17)13-14(19-11(3)16-13)12-7-5-4-6-8-12/h4-8,10H,9H2,1-3H3. The largest absolute Gasteiger partial charge is 0.461 e. The van der Waals surface area contributed by atoms with Crippen molar-refractivity contribution < 1.29 is 9.53 Å². The molecule has 0 N–H and O–H groups in total. The topological polar surface area (TPSA) is 39.2 Å². The van der Waals surface area contributed by atoms with Gasteiger partial charge < -0.3 is 4.74 Å². The lowest BCUT2D eigenvalue weighted by atomic mass is 10.1. The van der Waals surface area contributed by atoms with Gasteiger partial charge in [0.25, 0.3) is 0 Å². The molecule has 0 radical (unpaired) electrons. The van der Waals surface area contributed by atoms with Gasteiger partial charge in [0.1, 0.15) is 0 Å². The van der Waals surface area contributed by atoms with Gasteiger partial charge in [0.2, 0.25) is 0 Å². The van der Waals surface area contributed by atoms with Crippen LogP contribution in [0.25, 0.3) is 10.4 Å². The molecule has 2 aromatic rings. The molecule has 0 spiro atoms. The number of thiazole rings is 1. The maximum absolute atomic E-state index is 12.1. The monoisotopic (exact) mass is 275 g/mol. The quantitative estimate of drug-likeness (QED) is 0.794. The number of carbonyl (C=O) groups is 1. The van der Waals surface area contributed by atoms with Crippen LogP contribution in [0.4, 0.5) is 0 Å². The summed E-state index contributed by atoms with van der Waals surface area (Å²) in [6, 6.07) is 9.81. The molecule has 1 aromatic heterocycles. The number of nitrogens with zero attached hydrogens (tertiary/aromatic N) is 1. The molecule has 0 fully saturated rings. The van der Waals surface area contributed by atoms with Crippen LogP contribution >= 0.6 is 11.3 Å². The second-order valence-electron chi connectivity index (χ2n) is 4.77. The van der Waals surface area contributed by atoms with Crippen LogP contribution in [0, 0.1) is 12.8 Å². The Morgan fingerprint density at radius 2 is 2.00 bits per heavy atom. The zero-order valence-corrected chi connectivity index (χ0v) is 12.2. The minimum absolute atomic E-state index is 0.323. The summed E-state index contributed by atoms with van der Waals surface area (Å²) in [5.74, 6) is -0.0132. The van der Waals surface area contributed by atoms with E-state index in [4.69, 9.17) is 4.74 Å². The zero-order valence-electron chi connectivity index (χ0n) is 11.3. The summed E-state index contributed by atoms with van der Waals surface area (Å²) in [5.41, 5.74) is 1.43. The van der Waals surface area contributed by atoms with Crippen molar-refractivity contribution in [3.8, 4) is 10.4 Å². The smallest absolute Gasteiger partial charge is 0.358 e. The van der Waals surface area contributed by atoms with Crippen molar-refractivity contribution >= 4 is 17.3 Å². The highest BCUT2D eigenvalue weighted by Gasteiger charge is 2.19. The van der Waals surface area contributed by atoms with E-state index in [-0.39, 0.29) is 5.97 Å². The molecule has 3 nitrogen and oxygen atoms in total. The Balaban J connectivity index is 2.29. The molecule has 1 heterocycles. The second kappa shape index (κ2) is 5.97. The highest BCUT2D eigenvalue weighted by atomic mass is 32.1. The van der Waals surface area contributed by atoms with E-state index < -0.39 is 0 Å². The van der Waals surface area contributed by atoms with Crippen LogP contribution in [0.2, 0.25) is 0 Å². The summed E-state index contributed by atoms with van der Waals surface area (Å²) >= 11 is 1.52. The van der Waals surface area contributed by atoms with E-state index in [2.05, 4.69) is 4.98 Å². The van der Waals surface area contributed by atoms with Crippen molar-refractivity contribution in [2.24, 2.45) is 5.92 Å². The Bertz CT molecular complexity index is 561. The lowest BCUT2D eigenvalue weighted by molar-refractivity contribution is 0.0453. The Kier molecular flexibility index (Phi) is 4.32. The molecule has 100 valence electrons. The van der Waals surface area contributed by atoms with Crippen molar-refractivity contribution in [2.45, 2.75) is 20.8 Å². The Hall–Kier alpha value is -1.68. The van der Waals surface area contributed by atoms with Gasteiger partial charge >= 0.3 is 5.97 Å². The van der Waals surface area contributed by atoms with Crippen LogP contribution in [-0.2, 0) is 4.74 Å². The van der Waals surface area contributed by atoms with Gasteiger partial charge in [-0.15, -0.1) is 11.3 Å². The molecular weight excluding hydrogens is 258 g/mol. The van der Waals surface area contributed by atoms with Crippen molar-refractivity contribution in [3.63, 3.8) is 0 Å². The van der Waals surface area contributed by atoms with Crippen LogP contribution in [0.1, 0.15) is 29.3 Å². The van der Waals surface area contributed by atoms with Crippen LogP contribution in [0.5, 0.6) is 0 Å². The van der Waals surface area contributed by atoms with Gasteiger partial charge in [-0.2, -0.15) is 0 Å². The van der Waals surface area contributed by atoms with Gasteiger partial charge in [0.05, 0.1) is 16.5 Å². The molecule has 1 aromatic carbocycles. The number of hydrogen-bond acceptors (Lipinski definition) is 4. The van der Waals surface area contributed by atoms with Gasteiger partial charge in [-0.1, -0.05) is 44.2 Å². The van der Waals surface area contributed by atoms with Crippen molar-refractivity contribution in [1.29, 1.82) is 0 Å². The minimum Gasteiger partial charge on any atom is -0.461 e. The summed E-state index contributed by atoms with van der Waals surface area (Å²) in [4.78, 5) is 17.3. The molecule has 0 aliphatic rings. The molecule has 0 saturated carbocycles. The number of aryl methyl sites for hydroxylation is 1. The molecule has 2 rings (SSSR count). The Morgan fingerprint density at radius 1 is 1.32 bits per heavy atom. The summed E-state index contributed by atoms with van der Waals surface area (Å²) in [7, 11) is 0. The molecule has 0 unspecified atom stereocenters. The third-order valence-electron chi connectivity index (χ3n) is 2.51. The van der Waals surface area contributed by atoms with Gasteiger partial charge in [-0.25, -0.2) is 9.78 Å². The third-order valence-corrected chi connectivity index (χ3v) is 3.53. The predicted octanol–water partition coefficient (Wildman–Crippen LogP) is 3.93. The van der Waals surface area contributed by atoms with Crippen LogP contribution in [0.3, 0.4) is 0 Å². The third kappa shape index (κ3) is 3.41. The fraction of sp³-hybridized carbons (Fsp3) is 0.333. The van der Waals surface area contributed by atoms with E-state index in [1.807, 2.05) is 51.1 Å². The number of rotatable bonds is 4. The second-order valence-corrected chi connectivity index (χ2v) is 5.97. The first-order valence-electron chi connectivity index (χ1n) is 6.28. The summed E-state index contributed by atoms with van der Waals surface area (Å²) in [5, 5.41) is 0.871. The molecule has 0 aliphatic heterocycles. The summed E-state index contributed by atoms with van der Waals surface area (Å²) in [6.07, 6.45) is 0. The zero-order chi connectivity index (χ0) is 13.8. The highest BCUT2D eigenvalue weighted by molar-refractivity contribution is 7.15. The van der Waals surface area contributed by atoms with E-state index >= 15 is 0 Å². The first-order chi connectivity index (χ1) is 9.08. The van der Waals surface area contributed by atoms with Crippen molar-refractivity contribution in [2.75, 3.05) is 6.61 Å². The van der Waals surface area contributed by atoms with Crippen molar-refractivity contribution in [1.82, 2.24) is 4.98 Å². The number of hydrogen-bond donors (Lipinski definition) is 0. The molecule has 0 amide bonds. The average molecular weight is 275 g/mol. The van der Waals surface area contributed by atoms with Gasteiger partial charge in [-0.3, -0.25) is 0 Å². The number of benzene rings is 1. The summed E-state index contributed by atoms with van der Waals surface area (Å²) < 4.78 is 5.27. The molecule has 0 aliphatic carbocycles. The Morgan fingerprint density at radius 3 is 2.63 bits per heavy atom. The molecule has 4 heteroatoms. The minimum atomic E-state index is -0.336. The number of ether oxygens (including phenoxy) is 1. The lowest BCUT2D eigenvalue weighted by Crippen LogP contribution is -2.11. The Labute approximate surface area is 117 Å². The number of aromatic nitrogens is 1. The fourth-order valence-corrected chi connectivity index (χ4v) is 2.57. The highest BCUT2D eigenvalue weighted by Crippen LogP contribution is 2.30. The van der Waals surface area contributed by atoms with Crippen LogP contribution < -0.4 is 0 Å². The van der Waals surface area contributed by atoms with Gasteiger partial charge in [0, 0.05) is 0 Å². The normalized spacial score (nSPS) is 10.7. The lowest BCUT2D eigenvalue weighted by Gasteiger charge is -2.06. The number of carbonyl (C=O) groups excluding carboxylic acids is 1. The molecule has 0 saturated heterocycles. The molecule has 0 atom stereocenters. The van der Waals surface area contributed by atoms with E-state index in [0.717, 1.165) is 15.4 Å². The van der Waals surface area contributed by atoms with Gasteiger partial charge in [0.15, 0.2) is 5.69 Å². The predicted molar refractivity (Wildman–Crippen MR) is 77.4 cm³/mol. The SMILES string of the molecule is Cc1nc(C(=O)OCC(C)C)c(-c2ccccc2)s1.